The van der Waals surface area contributed by atoms with Crippen LogP contribution in [0.1, 0.15) is 18.4 Å². The first-order chi connectivity index (χ1) is 6.65. The Balaban J connectivity index is 2.77. The van der Waals surface area contributed by atoms with Crippen molar-refractivity contribution in [2.45, 2.75) is 12.8 Å². The molecule has 0 fully saturated rings. The van der Waals surface area contributed by atoms with Crippen LogP contribution in [0.25, 0.3) is 0 Å². The van der Waals surface area contributed by atoms with Crippen molar-refractivity contribution in [2.75, 3.05) is 5.52 Å². The molecular formula is C10H11BrO3. The van der Waals surface area contributed by atoms with Gasteiger partial charge in [-0.1, -0.05) is 12.1 Å². The maximum Gasteiger partial charge on any atom is 0.310 e. The first kappa shape index (κ1) is 11.0. The Bertz CT molecular complexity index is 308. The zero-order chi connectivity index (χ0) is 10.6. The number of halogens is 1. The van der Waals surface area contributed by atoms with Gasteiger partial charge in [0.25, 0.3) is 0 Å². The van der Waals surface area contributed by atoms with Crippen LogP contribution in [0.15, 0.2) is 24.3 Å². The topological polar surface area (TPSA) is 46.5 Å². The molecule has 4 heteroatoms. The van der Waals surface area contributed by atoms with E-state index < -0.39 is 11.9 Å². The number of carboxylic acid groups (broad SMARTS) is 1. The Morgan fingerprint density at radius 3 is 2.50 bits per heavy atom. The Kier molecular flexibility index (Phi) is 3.95. The number of hydrogen-bond donors (Lipinski definition) is 1. The maximum atomic E-state index is 10.7. The molecule has 0 saturated heterocycles. The van der Waals surface area contributed by atoms with Crippen LogP contribution >= 0.6 is 15.9 Å². The fourth-order valence-corrected chi connectivity index (χ4v) is 1.32. The molecule has 0 spiro atoms. The first-order valence-corrected chi connectivity index (χ1v) is 5.29. The average molecular weight is 259 g/mol. The normalized spacial score (nSPS) is 12.1. The van der Waals surface area contributed by atoms with Gasteiger partial charge in [-0.2, -0.15) is 0 Å². The summed E-state index contributed by atoms with van der Waals surface area (Å²) in [5.41, 5.74) is 1.21. The number of aliphatic carboxylic acids is 1. The van der Waals surface area contributed by atoms with Crippen LogP contribution in [0, 0.1) is 0 Å². The van der Waals surface area contributed by atoms with Crippen LogP contribution in [-0.2, 0) is 4.79 Å². The molecule has 0 radical (unpaired) electrons. The lowest BCUT2D eigenvalue weighted by Gasteiger charge is -2.07. The van der Waals surface area contributed by atoms with E-state index in [2.05, 4.69) is 15.9 Å². The summed E-state index contributed by atoms with van der Waals surface area (Å²) in [5.74, 6) is -0.574. The second kappa shape index (κ2) is 5.00. The molecule has 1 N–H and O–H groups in total. The van der Waals surface area contributed by atoms with Gasteiger partial charge < -0.3 is 9.84 Å². The van der Waals surface area contributed by atoms with Crippen LogP contribution in [0.4, 0.5) is 0 Å². The zero-order valence-electron chi connectivity index (χ0n) is 7.74. The Morgan fingerprint density at radius 1 is 1.50 bits per heavy atom. The van der Waals surface area contributed by atoms with E-state index >= 15 is 0 Å². The molecule has 0 saturated carbocycles. The lowest BCUT2D eigenvalue weighted by molar-refractivity contribution is -0.138. The van der Waals surface area contributed by atoms with E-state index in [-0.39, 0.29) is 0 Å². The quantitative estimate of drug-likeness (QED) is 0.845. The van der Waals surface area contributed by atoms with Crippen molar-refractivity contribution in [3.05, 3.63) is 29.8 Å². The van der Waals surface area contributed by atoms with E-state index in [1.54, 1.807) is 31.2 Å². The highest BCUT2D eigenvalue weighted by Crippen LogP contribution is 2.19. The monoisotopic (exact) mass is 258 g/mol. The summed E-state index contributed by atoms with van der Waals surface area (Å²) in [4.78, 5) is 10.7. The molecule has 0 aliphatic carbocycles. The minimum atomic E-state index is -0.820. The van der Waals surface area contributed by atoms with E-state index in [1.807, 2.05) is 0 Å². The van der Waals surface area contributed by atoms with Crippen molar-refractivity contribution >= 4 is 21.9 Å². The van der Waals surface area contributed by atoms with Crippen molar-refractivity contribution < 1.29 is 14.6 Å². The first-order valence-electron chi connectivity index (χ1n) is 4.16. The maximum absolute atomic E-state index is 10.7. The molecule has 0 aliphatic heterocycles. The third kappa shape index (κ3) is 2.73. The summed E-state index contributed by atoms with van der Waals surface area (Å²) in [5, 5.41) is 8.77. The SMILES string of the molecule is CC(C(=O)O)c1ccc(OCBr)cc1. The van der Waals surface area contributed by atoms with Crippen molar-refractivity contribution in [3.63, 3.8) is 0 Å². The van der Waals surface area contributed by atoms with E-state index in [0.717, 1.165) is 11.3 Å². The standard InChI is InChI=1S/C10H11BrO3/c1-7(10(12)13)8-2-4-9(5-3-8)14-6-11/h2-5,7H,6H2,1H3,(H,12,13). The van der Waals surface area contributed by atoms with Gasteiger partial charge in [0, 0.05) is 0 Å². The number of alkyl halides is 1. The van der Waals surface area contributed by atoms with Crippen molar-refractivity contribution in [3.8, 4) is 5.75 Å². The minimum Gasteiger partial charge on any atom is -0.482 e. The number of hydrogen-bond acceptors (Lipinski definition) is 2. The molecule has 0 heterocycles. The second-order valence-electron chi connectivity index (χ2n) is 2.88. The zero-order valence-corrected chi connectivity index (χ0v) is 9.32. The van der Waals surface area contributed by atoms with Crippen LogP contribution in [0.3, 0.4) is 0 Å². The van der Waals surface area contributed by atoms with E-state index in [1.165, 1.54) is 0 Å². The summed E-state index contributed by atoms with van der Waals surface area (Å²) in [7, 11) is 0. The molecule has 1 aromatic rings. The molecule has 0 aliphatic rings. The highest BCUT2D eigenvalue weighted by atomic mass is 79.9. The van der Waals surface area contributed by atoms with E-state index in [4.69, 9.17) is 9.84 Å². The molecule has 0 bridgehead atoms. The van der Waals surface area contributed by atoms with Gasteiger partial charge in [0.2, 0.25) is 0 Å². The van der Waals surface area contributed by atoms with Crippen LogP contribution in [-0.4, -0.2) is 16.6 Å². The Labute approximate surface area is 90.8 Å². The predicted octanol–water partition coefficient (Wildman–Crippen LogP) is 2.61. The molecule has 3 nitrogen and oxygen atoms in total. The fraction of sp³-hybridized carbons (Fsp3) is 0.300. The number of benzene rings is 1. The fourth-order valence-electron chi connectivity index (χ4n) is 1.06. The summed E-state index contributed by atoms with van der Waals surface area (Å²) in [6.45, 7) is 1.66. The summed E-state index contributed by atoms with van der Waals surface area (Å²) >= 11 is 3.14. The highest BCUT2D eigenvalue weighted by molar-refractivity contribution is 9.09. The average Bonchev–Trinajstić information content (AvgIpc) is 2.18. The lowest BCUT2D eigenvalue weighted by atomic mass is 10.0. The van der Waals surface area contributed by atoms with Crippen LogP contribution in [0.5, 0.6) is 5.75 Å². The van der Waals surface area contributed by atoms with Crippen molar-refractivity contribution in [1.29, 1.82) is 0 Å². The van der Waals surface area contributed by atoms with Gasteiger partial charge in [0.15, 0.2) is 0 Å². The van der Waals surface area contributed by atoms with Crippen molar-refractivity contribution in [2.24, 2.45) is 0 Å². The molecule has 14 heavy (non-hydrogen) atoms. The summed E-state index contributed by atoms with van der Waals surface area (Å²) < 4.78 is 5.17. The lowest BCUT2D eigenvalue weighted by Crippen LogP contribution is -2.07. The number of carbonyl (C=O) groups is 1. The third-order valence-corrected chi connectivity index (χ3v) is 2.20. The molecule has 0 aromatic heterocycles. The van der Waals surface area contributed by atoms with Gasteiger partial charge in [-0.3, -0.25) is 4.79 Å². The number of rotatable bonds is 4. The van der Waals surface area contributed by atoms with Gasteiger partial charge >= 0.3 is 5.97 Å². The van der Waals surface area contributed by atoms with Crippen LogP contribution in [0.2, 0.25) is 0 Å². The van der Waals surface area contributed by atoms with Crippen molar-refractivity contribution in [1.82, 2.24) is 0 Å². The Hall–Kier alpha value is -1.03. The Morgan fingerprint density at radius 2 is 2.07 bits per heavy atom. The number of carboxylic acids is 1. The molecule has 1 aromatic carbocycles. The third-order valence-electron chi connectivity index (χ3n) is 1.97. The molecule has 1 unspecified atom stereocenters. The second-order valence-corrected chi connectivity index (χ2v) is 3.34. The van der Waals surface area contributed by atoms with Gasteiger partial charge in [-0.05, 0) is 40.5 Å². The summed E-state index contributed by atoms with van der Waals surface area (Å²) in [6.07, 6.45) is 0. The number of ether oxygens (including phenoxy) is 1. The molecular weight excluding hydrogens is 248 g/mol. The molecule has 0 amide bonds. The van der Waals surface area contributed by atoms with E-state index in [0.29, 0.717) is 5.52 Å². The molecule has 76 valence electrons. The van der Waals surface area contributed by atoms with Gasteiger partial charge in [0.1, 0.15) is 11.3 Å². The highest BCUT2D eigenvalue weighted by Gasteiger charge is 2.12. The largest absolute Gasteiger partial charge is 0.482 e. The van der Waals surface area contributed by atoms with Crippen LogP contribution < -0.4 is 4.74 Å². The summed E-state index contributed by atoms with van der Waals surface area (Å²) in [6, 6.07) is 7.04. The molecule has 1 atom stereocenters. The van der Waals surface area contributed by atoms with Gasteiger partial charge in [-0.25, -0.2) is 0 Å². The smallest absolute Gasteiger partial charge is 0.310 e. The molecule has 1 rings (SSSR count). The van der Waals surface area contributed by atoms with Gasteiger partial charge in [-0.15, -0.1) is 0 Å². The predicted molar refractivity (Wildman–Crippen MR) is 56.9 cm³/mol. The van der Waals surface area contributed by atoms with Gasteiger partial charge in [0.05, 0.1) is 5.92 Å². The minimum absolute atomic E-state index is 0.431. The van der Waals surface area contributed by atoms with E-state index in [9.17, 15) is 4.79 Å².